The molecule has 112 valence electrons. The molecule has 2 nitrogen and oxygen atoms in total. The maximum atomic E-state index is 13.3. The van der Waals surface area contributed by atoms with Gasteiger partial charge in [-0.3, -0.25) is 4.90 Å². The van der Waals surface area contributed by atoms with Crippen molar-refractivity contribution >= 4 is 11.6 Å². The summed E-state index contributed by atoms with van der Waals surface area (Å²) in [4.78, 5) is 2.50. The summed E-state index contributed by atoms with van der Waals surface area (Å²) in [5, 5.41) is 0.184. The molecule has 4 heteroatoms. The van der Waals surface area contributed by atoms with Crippen molar-refractivity contribution in [2.45, 2.75) is 51.1 Å². The van der Waals surface area contributed by atoms with E-state index in [1.807, 2.05) is 6.07 Å². The zero-order valence-corrected chi connectivity index (χ0v) is 12.9. The van der Waals surface area contributed by atoms with Crippen molar-refractivity contribution in [1.82, 2.24) is 4.90 Å². The number of hydrogen-bond acceptors (Lipinski definition) is 2. The fourth-order valence-corrected chi connectivity index (χ4v) is 3.42. The van der Waals surface area contributed by atoms with E-state index in [9.17, 15) is 4.39 Å². The predicted molar refractivity (Wildman–Crippen MR) is 82.5 cm³/mol. The van der Waals surface area contributed by atoms with E-state index in [-0.39, 0.29) is 16.9 Å². The van der Waals surface area contributed by atoms with Gasteiger partial charge in [-0.1, -0.05) is 37.4 Å². The van der Waals surface area contributed by atoms with Crippen LogP contribution < -0.4 is 5.73 Å². The minimum atomic E-state index is -0.367. The number of rotatable bonds is 4. The molecule has 2 atom stereocenters. The summed E-state index contributed by atoms with van der Waals surface area (Å²) in [6.07, 6.45) is 6.14. The summed E-state index contributed by atoms with van der Waals surface area (Å²) in [6.45, 7) is 3.84. The van der Waals surface area contributed by atoms with Gasteiger partial charge < -0.3 is 5.73 Å². The number of halogens is 2. The molecule has 0 spiro atoms. The van der Waals surface area contributed by atoms with Crippen LogP contribution in [0.4, 0.5) is 4.39 Å². The van der Waals surface area contributed by atoms with Gasteiger partial charge in [-0.2, -0.15) is 0 Å². The Balaban J connectivity index is 2.26. The Morgan fingerprint density at radius 1 is 1.40 bits per heavy atom. The number of benzene rings is 1. The Hall–Kier alpha value is -0.640. The maximum absolute atomic E-state index is 13.3. The largest absolute Gasteiger partial charge is 0.329 e. The van der Waals surface area contributed by atoms with E-state index in [0.717, 1.165) is 18.5 Å². The molecule has 1 aromatic rings. The summed E-state index contributed by atoms with van der Waals surface area (Å²) in [6, 6.07) is 5.69. The predicted octanol–water partition coefficient (Wildman–Crippen LogP) is 4.13. The lowest BCUT2D eigenvalue weighted by molar-refractivity contribution is 0.136. The van der Waals surface area contributed by atoms with Crippen LogP contribution >= 0.6 is 11.6 Å². The van der Waals surface area contributed by atoms with Gasteiger partial charge in [0.05, 0.1) is 5.02 Å². The number of nitrogens with two attached hydrogens (primary N) is 1. The van der Waals surface area contributed by atoms with Crippen molar-refractivity contribution in [2.75, 3.05) is 13.1 Å². The Labute approximate surface area is 126 Å². The Kier molecular flexibility index (Phi) is 5.82. The third-order valence-electron chi connectivity index (χ3n) is 4.35. The van der Waals surface area contributed by atoms with Crippen molar-refractivity contribution < 1.29 is 4.39 Å². The average molecular weight is 299 g/mol. The minimum absolute atomic E-state index is 0.135. The second kappa shape index (κ2) is 7.39. The standard InChI is InChI=1S/C16H24ClFN2/c1-2-13-6-4-3-5-9-20(13)16(11-19)12-7-8-15(18)14(17)10-12/h7-8,10,13,16H,2-6,9,11,19H2,1H3. The third-order valence-corrected chi connectivity index (χ3v) is 4.64. The second-order valence-corrected chi connectivity index (χ2v) is 5.98. The first-order chi connectivity index (χ1) is 9.67. The molecule has 1 aliphatic heterocycles. The molecule has 0 radical (unpaired) electrons. The van der Waals surface area contributed by atoms with E-state index in [1.54, 1.807) is 6.07 Å². The zero-order valence-electron chi connectivity index (χ0n) is 12.1. The van der Waals surface area contributed by atoms with Crippen LogP contribution in [0.15, 0.2) is 18.2 Å². The molecule has 0 saturated carbocycles. The molecule has 0 aromatic heterocycles. The van der Waals surface area contributed by atoms with E-state index >= 15 is 0 Å². The summed E-state index contributed by atoms with van der Waals surface area (Å²) in [7, 11) is 0. The van der Waals surface area contributed by atoms with Crippen molar-refractivity contribution in [3.05, 3.63) is 34.6 Å². The van der Waals surface area contributed by atoms with Crippen LogP contribution in [-0.2, 0) is 0 Å². The molecule has 0 aliphatic carbocycles. The Bertz CT molecular complexity index is 438. The van der Waals surface area contributed by atoms with Crippen LogP contribution in [0.25, 0.3) is 0 Å². The van der Waals surface area contributed by atoms with E-state index in [2.05, 4.69) is 11.8 Å². The second-order valence-electron chi connectivity index (χ2n) is 5.57. The van der Waals surface area contributed by atoms with Gasteiger partial charge in [-0.25, -0.2) is 4.39 Å². The van der Waals surface area contributed by atoms with E-state index < -0.39 is 0 Å². The molecule has 2 unspecified atom stereocenters. The van der Waals surface area contributed by atoms with Crippen LogP contribution in [0.3, 0.4) is 0 Å². The van der Waals surface area contributed by atoms with Gasteiger partial charge in [0.15, 0.2) is 0 Å². The fourth-order valence-electron chi connectivity index (χ4n) is 3.23. The summed E-state index contributed by atoms with van der Waals surface area (Å²) in [5.74, 6) is -0.367. The monoisotopic (exact) mass is 298 g/mol. The number of nitrogens with zero attached hydrogens (tertiary/aromatic N) is 1. The van der Waals surface area contributed by atoms with Crippen molar-refractivity contribution in [3.8, 4) is 0 Å². The first-order valence-corrected chi connectivity index (χ1v) is 7.96. The van der Waals surface area contributed by atoms with E-state index in [1.165, 1.54) is 31.7 Å². The number of likely N-dealkylation sites (tertiary alicyclic amines) is 1. The van der Waals surface area contributed by atoms with Gasteiger partial charge in [0.25, 0.3) is 0 Å². The minimum Gasteiger partial charge on any atom is -0.329 e. The lowest BCUT2D eigenvalue weighted by Gasteiger charge is -2.36. The molecular formula is C16H24ClFN2. The first-order valence-electron chi connectivity index (χ1n) is 7.58. The molecule has 1 saturated heterocycles. The molecule has 1 heterocycles. The molecule has 2 N–H and O–H groups in total. The SMILES string of the molecule is CCC1CCCCCN1C(CN)c1ccc(F)c(Cl)c1. The molecular weight excluding hydrogens is 275 g/mol. The van der Waals surface area contributed by atoms with Crippen LogP contribution in [0.1, 0.15) is 50.6 Å². The van der Waals surface area contributed by atoms with Gasteiger partial charge in [-0.15, -0.1) is 0 Å². The average Bonchev–Trinajstić information content (AvgIpc) is 2.69. The first kappa shape index (κ1) is 15.7. The molecule has 0 bridgehead atoms. The Morgan fingerprint density at radius 3 is 2.85 bits per heavy atom. The van der Waals surface area contributed by atoms with Gasteiger partial charge in [0.1, 0.15) is 5.82 Å². The van der Waals surface area contributed by atoms with Crippen LogP contribution in [0.5, 0.6) is 0 Å². The van der Waals surface area contributed by atoms with E-state index in [4.69, 9.17) is 17.3 Å². The highest BCUT2D eigenvalue weighted by atomic mass is 35.5. The summed E-state index contributed by atoms with van der Waals surface area (Å²) >= 11 is 5.92. The Morgan fingerprint density at radius 2 is 2.20 bits per heavy atom. The highest BCUT2D eigenvalue weighted by Crippen LogP contribution is 2.30. The van der Waals surface area contributed by atoms with Crippen LogP contribution in [-0.4, -0.2) is 24.0 Å². The lowest BCUT2D eigenvalue weighted by atomic mass is 10.0. The van der Waals surface area contributed by atoms with Crippen molar-refractivity contribution in [2.24, 2.45) is 5.73 Å². The maximum Gasteiger partial charge on any atom is 0.141 e. The highest BCUT2D eigenvalue weighted by molar-refractivity contribution is 6.30. The van der Waals surface area contributed by atoms with Crippen LogP contribution in [0.2, 0.25) is 5.02 Å². The van der Waals surface area contributed by atoms with Gasteiger partial charge in [-0.05, 0) is 43.5 Å². The topological polar surface area (TPSA) is 29.3 Å². The zero-order chi connectivity index (χ0) is 14.5. The van der Waals surface area contributed by atoms with Gasteiger partial charge in [0, 0.05) is 18.6 Å². The molecule has 2 rings (SSSR count). The van der Waals surface area contributed by atoms with E-state index in [0.29, 0.717) is 12.6 Å². The molecule has 20 heavy (non-hydrogen) atoms. The molecule has 1 fully saturated rings. The van der Waals surface area contributed by atoms with Gasteiger partial charge in [0.2, 0.25) is 0 Å². The summed E-state index contributed by atoms with van der Waals surface area (Å²) in [5.41, 5.74) is 7.04. The summed E-state index contributed by atoms with van der Waals surface area (Å²) < 4.78 is 13.3. The highest BCUT2D eigenvalue weighted by Gasteiger charge is 2.27. The van der Waals surface area contributed by atoms with Crippen LogP contribution in [0, 0.1) is 5.82 Å². The fraction of sp³-hybridized carbons (Fsp3) is 0.625. The third kappa shape index (κ3) is 3.51. The molecule has 1 aromatic carbocycles. The smallest absolute Gasteiger partial charge is 0.141 e. The normalized spacial score (nSPS) is 22.5. The lowest BCUT2D eigenvalue weighted by Crippen LogP contribution is -2.41. The van der Waals surface area contributed by atoms with Crippen molar-refractivity contribution in [1.29, 1.82) is 0 Å². The molecule has 0 amide bonds. The van der Waals surface area contributed by atoms with Gasteiger partial charge >= 0.3 is 0 Å². The molecule has 1 aliphatic rings. The quantitative estimate of drug-likeness (QED) is 0.905. The van der Waals surface area contributed by atoms with Crippen molar-refractivity contribution in [3.63, 3.8) is 0 Å². The number of hydrogen-bond donors (Lipinski definition) is 1.